The highest BCUT2D eigenvalue weighted by Crippen LogP contribution is 2.35. The van der Waals surface area contributed by atoms with Crippen molar-refractivity contribution in [1.82, 2.24) is 19.5 Å². The monoisotopic (exact) mass is 533 g/mol. The van der Waals surface area contributed by atoms with Crippen molar-refractivity contribution in [2.24, 2.45) is 5.10 Å². The van der Waals surface area contributed by atoms with Crippen molar-refractivity contribution in [3.8, 4) is 11.6 Å². The van der Waals surface area contributed by atoms with Gasteiger partial charge in [0, 0.05) is 22.9 Å². The summed E-state index contributed by atoms with van der Waals surface area (Å²) < 4.78 is 43.8. The number of rotatable bonds is 5. The minimum absolute atomic E-state index is 0.0461. The minimum Gasteiger partial charge on any atom is -0.494 e. The van der Waals surface area contributed by atoms with Crippen LogP contribution in [-0.2, 0) is 12.7 Å². The van der Waals surface area contributed by atoms with E-state index in [1.807, 2.05) is 18.4 Å². The number of imidazole rings is 1. The Morgan fingerprint density at radius 3 is 2.49 bits per heavy atom. The molecule has 2 N–H and O–H groups in total. The third-order valence-corrected chi connectivity index (χ3v) is 6.43. The van der Waals surface area contributed by atoms with Crippen molar-refractivity contribution < 1.29 is 23.1 Å². The number of nitrogens with zero attached hydrogens (tertiary/aromatic N) is 4. The summed E-state index contributed by atoms with van der Waals surface area (Å²) in [6, 6.07) is 15.6. The van der Waals surface area contributed by atoms with E-state index in [1.54, 1.807) is 30.3 Å². The molecular formula is C28H22F3N5O3. The van der Waals surface area contributed by atoms with Gasteiger partial charge in [0.05, 0.1) is 34.1 Å². The van der Waals surface area contributed by atoms with Gasteiger partial charge in [0.25, 0.3) is 11.5 Å². The molecule has 1 amide bonds. The second-order valence-corrected chi connectivity index (χ2v) is 8.74. The number of aromatic hydroxyl groups is 1. The normalized spacial score (nSPS) is 12.0. The molecule has 0 aliphatic carbocycles. The Morgan fingerprint density at radius 1 is 1.08 bits per heavy atom. The number of aryl methyl sites for hydroxylation is 2. The first-order valence-electron chi connectivity index (χ1n) is 12.0. The molecule has 5 rings (SSSR count). The SMILES string of the molecule is CCn1c(C)nc2cc(C(=O)NN=Cc3c(O)n(-c4ccccc4C(F)(F)F)c(=O)c4ccccc34)ccc21. The molecular weight excluding hydrogens is 511 g/mol. The van der Waals surface area contributed by atoms with Crippen LogP contribution in [-0.4, -0.2) is 31.3 Å². The minimum atomic E-state index is -4.77. The second kappa shape index (κ2) is 9.75. The van der Waals surface area contributed by atoms with Crippen molar-refractivity contribution in [1.29, 1.82) is 0 Å². The lowest BCUT2D eigenvalue weighted by Gasteiger charge is -2.18. The summed E-state index contributed by atoms with van der Waals surface area (Å²) in [5.74, 6) is -0.501. The Balaban J connectivity index is 1.56. The number of carbonyl (C=O) groups is 1. The van der Waals surface area contributed by atoms with Gasteiger partial charge in [-0.05, 0) is 50.2 Å². The van der Waals surface area contributed by atoms with Crippen LogP contribution in [0, 0.1) is 6.92 Å². The number of para-hydroxylation sites is 1. The molecule has 8 nitrogen and oxygen atoms in total. The van der Waals surface area contributed by atoms with Gasteiger partial charge in [-0.25, -0.2) is 15.0 Å². The molecule has 11 heteroatoms. The zero-order chi connectivity index (χ0) is 27.9. The third-order valence-electron chi connectivity index (χ3n) is 6.43. The maximum absolute atomic E-state index is 13.7. The van der Waals surface area contributed by atoms with Crippen molar-refractivity contribution in [2.45, 2.75) is 26.6 Å². The fourth-order valence-corrected chi connectivity index (χ4v) is 4.63. The quantitative estimate of drug-likeness (QED) is 0.241. The van der Waals surface area contributed by atoms with E-state index in [1.165, 1.54) is 24.3 Å². The van der Waals surface area contributed by atoms with Crippen molar-refractivity contribution in [3.63, 3.8) is 0 Å². The largest absolute Gasteiger partial charge is 0.494 e. The number of hydrogen-bond donors (Lipinski definition) is 2. The van der Waals surface area contributed by atoms with Crippen LogP contribution < -0.4 is 11.0 Å². The molecule has 0 saturated carbocycles. The summed E-state index contributed by atoms with van der Waals surface area (Å²) >= 11 is 0. The topological polar surface area (TPSA) is 102 Å². The van der Waals surface area contributed by atoms with Crippen LogP contribution in [0.3, 0.4) is 0 Å². The number of alkyl halides is 3. The predicted octanol–water partition coefficient (Wildman–Crippen LogP) is 5.16. The number of pyridine rings is 1. The summed E-state index contributed by atoms with van der Waals surface area (Å²) in [5, 5.41) is 15.3. The number of halogens is 3. The van der Waals surface area contributed by atoms with Gasteiger partial charge in [-0.3, -0.25) is 9.59 Å². The van der Waals surface area contributed by atoms with Gasteiger partial charge in [0.1, 0.15) is 5.82 Å². The smallest absolute Gasteiger partial charge is 0.418 e. The molecule has 39 heavy (non-hydrogen) atoms. The molecule has 0 atom stereocenters. The van der Waals surface area contributed by atoms with Gasteiger partial charge in [-0.1, -0.05) is 30.3 Å². The van der Waals surface area contributed by atoms with E-state index < -0.39 is 34.8 Å². The van der Waals surface area contributed by atoms with Crippen LogP contribution in [0.2, 0.25) is 0 Å². The first-order valence-corrected chi connectivity index (χ1v) is 12.0. The zero-order valence-corrected chi connectivity index (χ0v) is 20.8. The average Bonchev–Trinajstić information content (AvgIpc) is 3.24. The molecule has 0 aliphatic rings. The number of hydrogen-bond acceptors (Lipinski definition) is 5. The van der Waals surface area contributed by atoms with Gasteiger partial charge in [-0.15, -0.1) is 0 Å². The van der Waals surface area contributed by atoms with E-state index in [2.05, 4.69) is 15.5 Å². The van der Waals surface area contributed by atoms with Gasteiger partial charge < -0.3 is 9.67 Å². The molecule has 0 aliphatic heterocycles. The Kier molecular flexibility index (Phi) is 6.43. The third kappa shape index (κ3) is 4.52. The number of carbonyl (C=O) groups excluding carboxylic acids is 1. The van der Waals surface area contributed by atoms with Crippen LogP contribution >= 0.6 is 0 Å². The lowest BCUT2D eigenvalue weighted by molar-refractivity contribution is -0.137. The zero-order valence-electron chi connectivity index (χ0n) is 20.8. The summed E-state index contributed by atoms with van der Waals surface area (Å²) in [6.45, 7) is 4.59. The van der Waals surface area contributed by atoms with Crippen LogP contribution in [0.15, 0.2) is 76.6 Å². The van der Waals surface area contributed by atoms with Crippen molar-refractivity contribution in [2.75, 3.05) is 0 Å². The predicted molar refractivity (Wildman–Crippen MR) is 141 cm³/mol. The molecule has 3 aromatic carbocycles. The average molecular weight is 534 g/mol. The lowest BCUT2D eigenvalue weighted by atomic mass is 10.1. The first-order chi connectivity index (χ1) is 18.6. The second-order valence-electron chi connectivity index (χ2n) is 8.74. The molecule has 0 spiro atoms. The van der Waals surface area contributed by atoms with E-state index in [0.717, 1.165) is 36.2 Å². The number of nitrogens with one attached hydrogen (secondary N) is 1. The Hall–Kier alpha value is -4.93. The highest BCUT2D eigenvalue weighted by molar-refractivity contribution is 6.03. The number of fused-ring (bicyclic) bond motifs is 2. The lowest BCUT2D eigenvalue weighted by Crippen LogP contribution is -2.23. The van der Waals surface area contributed by atoms with Gasteiger partial charge in [-0.2, -0.15) is 18.3 Å². The summed E-state index contributed by atoms with van der Waals surface area (Å²) in [4.78, 5) is 30.5. The molecule has 198 valence electrons. The van der Waals surface area contributed by atoms with Crippen molar-refractivity contribution in [3.05, 3.63) is 99.6 Å². The summed E-state index contributed by atoms with van der Waals surface area (Å²) in [5.41, 5.74) is 1.67. The Labute approximate surface area is 219 Å². The molecule has 5 aromatic rings. The molecule has 0 saturated heterocycles. The Bertz CT molecular complexity index is 1840. The molecule has 2 aromatic heterocycles. The molecule has 2 heterocycles. The van der Waals surface area contributed by atoms with E-state index in [9.17, 15) is 27.9 Å². The van der Waals surface area contributed by atoms with Gasteiger partial charge >= 0.3 is 6.18 Å². The van der Waals surface area contributed by atoms with E-state index >= 15 is 0 Å². The fraction of sp³-hybridized carbons (Fsp3) is 0.143. The maximum atomic E-state index is 13.7. The Morgan fingerprint density at radius 2 is 1.77 bits per heavy atom. The molecule has 0 unspecified atom stereocenters. The highest BCUT2D eigenvalue weighted by atomic mass is 19.4. The van der Waals surface area contributed by atoms with E-state index in [0.29, 0.717) is 15.6 Å². The van der Waals surface area contributed by atoms with E-state index in [4.69, 9.17) is 0 Å². The number of aromatic nitrogens is 3. The van der Waals surface area contributed by atoms with Gasteiger partial charge in [0.2, 0.25) is 5.88 Å². The number of hydrazone groups is 1. The number of amides is 1. The van der Waals surface area contributed by atoms with Crippen molar-refractivity contribution >= 4 is 33.9 Å². The van der Waals surface area contributed by atoms with Crippen LogP contribution in [0.25, 0.3) is 27.5 Å². The van der Waals surface area contributed by atoms with Crippen LogP contribution in [0.5, 0.6) is 5.88 Å². The highest BCUT2D eigenvalue weighted by Gasteiger charge is 2.35. The van der Waals surface area contributed by atoms with Crippen LogP contribution in [0.1, 0.15) is 34.2 Å². The fourth-order valence-electron chi connectivity index (χ4n) is 4.63. The molecule has 0 bridgehead atoms. The summed E-state index contributed by atoms with van der Waals surface area (Å²) in [6.07, 6.45) is -3.68. The maximum Gasteiger partial charge on any atom is 0.418 e. The first kappa shape index (κ1) is 25.7. The molecule has 0 fully saturated rings. The number of benzene rings is 3. The summed E-state index contributed by atoms with van der Waals surface area (Å²) in [7, 11) is 0. The standard InChI is InChI=1S/C28H22F3N5O3/c1-3-35-16(2)33-22-14-17(12-13-24(22)35)25(37)34-32-15-20-18-8-4-5-9-19(18)26(38)36(27(20)39)23-11-7-6-10-21(23)28(29,30)31/h4-15,39H,3H2,1-2H3,(H,34,37). The van der Waals surface area contributed by atoms with E-state index in [-0.39, 0.29) is 16.3 Å². The molecule has 0 radical (unpaired) electrons. The van der Waals surface area contributed by atoms with Crippen LogP contribution in [0.4, 0.5) is 13.2 Å². The van der Waals surface area contributed by atoms with Gasteiger partial charge in [0.15, 0.2) is 0 Å².